The third-order valence-corrected chi connectivity index (χ3v) is 6.05. The number of anilines is 1. The van der Waals surface area contributed by atoms with Crippen molar-refractivity contribution < 1.29 is 4.79 Å². The maximum atomic E-state index is 12.1. The van der Waals surface area contributed by atoms with E-state index in [0.29, 0.717) is 21.7 Å². The summed E-state index contributed by atoms with van der Waals surface area (Å²) < 4.78 is 0. The number of hydrogen-bond donors (Lipinski definition) is 2. The molecule has 27 heavy (non-hydrogen) atoms. The van der Waals surface area contributed by atoms with Crippen LogP contribution >= 0.6 is 34.5 Å². The molecule has 2 heterocycles. The lowest BCUT2D eigenvalue weighted by Gasteiger charge is -2.33. The van der Waals surface area contributed by atoms with Crippen molar-refractivity contribution in [3.8, 4) is 0 Å². The Hall–Kier alpha value is -1.38. The van der Waals surface area contributed by atoms with Gasteiger partial charge in [-0.25, -0.2) is 9.78 Å². The summed E-state index contributed by atoms with van der Waals surface area (Å²) in [4.78, 5) is 21.4. The van der Waals surface area contributed by atoms with Crippen LogP contribution in [0.2, 0.25) is 10.0 Å². The normalized spacial score (nSPS) is 15.7. The Bertz CT molecular complexity index is 777. The van der Waals surface area contributed by atoms with Crippen molar-refractivity contribution >= 4 is 45.7 Å². The van der Waals surface area contributed by atoms with Crippen molar-refractivity contribution in [2.45, 2.75) is 20.0 Å². The maximum absolute atomic E-state index is 12.1. The van der Waals surface area contributed by atoms with Gasteiger partial charge in [-0.3, -0.25) is 10.2 Å². The molecule has 0 saturated carbocycles. The van der Waals surface area contributed by atoms with Crippen LogP contribution in [-0.4, -0.2) is 53.5 Å². The lowest BCUT2D eigenvalue weighted by atomic mass is 10.2. The van der Waals surface area contributed by atoms with E-state index in [1.807, 2.05) is 11.4 Å². The highest BCUT2D eigenvalue weighted by atomic mass is 35.5. The van der Waals surface area contributed by atoms with E-state index < -0.39 is 0 Å². The van der Waals surface area contributed by atoms with Gasteiger partial charge in [0.05, 0.1) is 15.7 Å². The molecule has 1 aromatic heterocycles. The number of nitrogens with one attached hydrogen (secondary N) is 2. The first kappa shape index (κ1) is 20.4. The topological polar surface area (TPSA) is 60.5 Å². The summed E-state index contributed by atoms with van der Waals surface area (Å²) in [5.41, 5.74) is 1.87. The zero-order valence-electron chi connectivity index (χ0n) is 15.2. The predicted molar refractivity (Wildman–Crippen MR) is 112 cm³/mol. The molecule has 2 N–H and O–H groups in total. The summed E-state index contributed by atoms with van der Waals surface area (Å²) >= 11 is 13.3. The molecule has 0 aliphatic carbocycles. The lowest BCUT2D eigenvalue weighted by Crippen LogP contribution is -2.45. The van der Waals surface area contributed by atoms with Gasteiger partial charge >= 0.3 is 6.03 Å². The number of amides is 2. The van der Waals surface area contributed by atoms with Crippen molar-refractivity contribution in [1.82, 2.24) is 20.1 Å². The summed E-state index contributed by atoms with van der Waals surface area (Å²) in [6.45, 7) is 8.79. The van der Waals surface area contributed by atoms with Crippen LogP contribution in [0.4, 0.5) is 9.93 Å². The Labute approximate surface area is 173 Å². The molecule has 0 bridgehead atoms. The van der Waals surface area contributed by atoms with Crippen molar-refractivity contribution in [1.29, 1.82) is 0 Å². The fourth-order valence-electron chi connectivity index (χ4n) is 2.90. The zero-order valence-corrected chi connectivity index (χ0v) is 17.5. The van der Waals surface area contributed by atoms with E-state index in [0.717, 1.165) is 50.5 Å². The van der Waals surface area contributed by atoms with E-state index in [9.17, 15) is 4.79 Å². The fourth-order valence-corrected chi connectivity index (χ4v) is 3.92. The highest BCUT2D eigenvalue weighted by Crippen LogP contribution is 2.22. The highest BCUT2D eigenvalue weighted by molar-refractivity contribution is 7.13. The molecule has 0 unspecified atom stereocenters. The Balaban J connectivity index is 1.44. The highest BCUT2D eigenvalue weighted by Gasteiger charge is 2.17. The molecule has 2 amide bonds. The average Bonchev–Trinajstić information content (AvgIpc) is 3.10. The first-order chi connectivity index (χ1) is 13.0. The number of benzene rings is 1. The molecular weight excluding hydrogens is 405 g/mol. The molecule has 146 valence electrons. The largest absolute Gasteiger partial charge is 0.334 e. The maximum Gasteiger partial charge on any atom is 0.321 e. The van der Waals surface area contributed by atoms with Crippen LogP contribution in [0, 0.1) is 0 Å². The SMILES string of the molecule is CCN1CCN(Cc2csc(NC(=O)NCc3ccc(Cl)c(Cl)c3)n2)CC1. The van der Waals surface area contributed by atoms with Gasteiger partial charge in [0, 0.05) is 44.6 Å². The fraction of sp³-hybridized carbons (Fsp3) is 0.444. The molecule has 1 aromatic carbocycles. The Morgan fingerprint density at radius 2 is 1.93 bits per heavy atom. The summed E-state index contributed by atoms with van der Waals surface area (Å²) in [5.74, 6) is 0. The standard InChI is InChI=1S/C18H23Cl2N5OS/c1-2-24-5-7-25(8-6-24)11-14-12-27-18(22-14)23-17(26)21-10-13-3-4-15(19)16(20)9-13/h3-4,9,12H,2,5-8,10-11H2,1H3,(H2,21,22,23,26). The number of carbonyl (C=O) groups excluding carboxylic acids is 1. The van der Waals surface area contributed by atoms with Crippen LogP contribution in [-0.2, 0) is 13.1 Å². The average molecular weight is 428 g/mol. The summed E-state index contributed by atoms with van der Waals surface area (Å²) in [7, 11) is 0. The molecule has 0 atom stereocenters. The van der Waals surface area contributed by atoms with Crippen LogP contribution in [0.1, 0.15) is 18.2 Å². The van der Waals surface area contributed by atoms with Crippen LogP contribution in [0.15, 0.2) is 23.6 Å². The van der Waals surface area contributed by atoms with Crippen LogP contribution in [0.25, 0.3) is 0 Å². The summed E-state index contributed by atoms with van der Waals surface area (Å²) in [6, 6.07) is 4.99. The minimum absolute atomic E-state index is 0.293. The second kappa shape index (κ2) is 9.71. The van der Waals surface area contributed by atoms with Crippen LogP contribution < -0.4 is 10.6 Å². The summed E-state index contributed by atoms with van der Waals surface area (Å²) in [5, 5.41) is 9.15. The van der Waals surface area contributed by atoms with Crippen molar-refractivity contribution in [3.05, 3.63) is 44.9 Å². The first-order valence-electron chi connectivity index (χ1n) is 8.91. The number of likely N-dealkylation sites (N-methyl/N-ethyl adjacent to an activating group) is 1. The number of rotatable bonds is 6. The first-order valence-corrected chi connectivity index (χ1v) is 10.5. The van der Waals surface area contributed by atoms with Gasteiger partial charge < -0.3 is 10.2 Å². The van der Waals surface area contributed by atoms with Crippen LogP contribution in [0.5, 0.6) is 0 Å². The number of urea groups is 1. The van der Waals surface area contributed by atoms with Gasteiger partial charge in [0.25, 0.3) is 0 Å². The van der Waals surface area contributed by atoms with Crippen molar-refractivity contribution in [3.63, 3.8) is 0 Å². The zero-order chi connectivity index (χ0) is 19.2. The van der Waals surface area contributed by atoms with Gasteiger partial charge in [0.2, 0.25) is 0 Å². The third kappa shape index (κ3) is 6.05. The number of thiazole rings is 1. The van der Waals surface area contributed by atoms with E-state index in [1.165, 1.54) is 11.3 Å². The third-order valence-electron chi connectivity index (χ3n) is 4.51. The van der Waals surface area contributed by atoms with Gasteiger partial charge in [-0.15, -0.1) is 11.3 Å². The molecule has 1 aliphatic rings. The molecule has 1 saturated heterocycles. The number of nitrogens with zero attached hydrogens (tertiary/aromatic N) is 3. The minimum Gasteiger partial charge on any atom is -0.334 e. The van der Waals surface area contributed by atoms with E-state index in [-0.39, 0.29) is 6.03 Å². The van der Waals surface area contributed by atoms with Crippen molar-refractivity contribution in [2.24, 2.45) is 0 Å². The predicted octanol–water partition coefficient (Wildman–Crippen LogP) is 3.91. The Morgan fingerprint density at radius 1 is 1.19 bits per heavy atom. The van der Waals surface area contributed by atoms with Crippen molar-refractivity contribution in [2.75, 3.05) is 38.0 Å². The molecular formula is C18H23Cl2N5OS. The molecule has 1 aliphatic heterocycles. The van der Waals surface area contributed by atoms with Gasteiger partial charge in [0.1, 0.15) is 0 Å². The monoisotopic (exact) mass is 427 g/mol. The molecule has 6 nitrogen and oxygen atoms in total. The molecule has 3 rings (SSSR count). The van der Waals surface area contributed by atoms with Gasteiger partial charge in [-0.05, 0) is 24.2 Å². The van der Waals surface area contributed by atoms with Gasteiger partial charge in [-0.2, -0.15) is 0 Å². The number of carbonyl (C=O) groups is 1. The van der Waals surface area contributed by atoms with E-state index in [2.05, 4.69) is 32.3 Å². The number of aromatic nitrogens is 1. The van der Waals surface area contributed by atoms with E-state index >= 15 is 0 Å². The van der Waals surface area contributed by atoms with Gasteiger partial charge in [0.15, 0.2) is 5.13 Å². The Kier molecular flexibility index (Phi) is 7.32. The quantitative estimate of drug-likeness (QED) is 0.733. The van der Waals surface area contributed by atoms with E-state index in [1.54, 1.807) is 12.1 Å². The molecule has 9 heteroatoms. The van der Waals surface area contributed by atoms with Crippen LogP contribution in [0.3, 0.4) is 0 Å². The second-order valence-corrected chi connectivity index (χ2v) is 8.08. The lowest BCUT2D eigenvalue weighted by molar-refractivity contribution is 0.131. The second-order valence-electron chi connectivity index (χ2n) is 6.41. The molecule has 2 aromatic rings. The molecule has 0 spiro atoms. The minimum atomic E-state index is -0.293. The van der Waals surface area contributed by atoms with Gasteiger partial charge in [-0.1, -0.05) is 36.2 Å². The summed E-state index contributed by atoms with van der Waals surface area (Å²) in [6.07, 6.45) is 0. The number of hydrogen-bond acceptors (Lipinski definition) is 5. The molecule has 1 fully saturated rings. The van der Waals surface area contributed by atoms with E-state index in [4.69, 9.17) is 23.2 Å². The number of halogens is 2. The Morgan fingerprint density at radius 3 is 2.63 bits per heavy atom. The molecule has 0 radical (unpaired) electrons. The number of piperazine rings is 1. The smallest absolute Gasteiger partial charge is 0.321 e.